The number of hydrogen-bond acceptors (Lipinski definition) is 3. The van der Waals surface area contributed by atoms with Crippen molar-refractivity contribution in [3.8, 4) is 5.75 Å². The minimum atomic E-state index is -0.920. The fraction of sp³-hybridized carbons (Fsp3) is 0.304. The number of methoxy groups -OCH3 is 1. The molecule has 30 heavy (non-hydrogen) atoms. The lowest BCUT2D eigenvalue weighted by Gasteiger charge is -2.20. The van der Waals surface area contributed by atoms with Gasteiger partial charge in [0.1, 0.15) is 5.75 Å². The summed E-state index contributed by atoms with van der Waals surface area (Å²) in [6, 6.07) is 10.4. The molecule has 7 heteroatoms. The van der Waals surface area contributed by atoms with Crippen LogP contribution in [0.5, 0.6) is 5.75 Å². The van der Waals surface area contributed by atoms with Crippen molar-refractivity contribution in [2.45, 2.75) is 33.1 Å². The molecule has 0 fully saturated rings. The zero-order valence-electron chi connectivity index (χ0n) is 17.2. The van der Waals surface area contributed by atoms with Crippen LogP contribution in [-0.4, -0.2) is 28.7 Å². The van der Waals surface area contributed by atoms with Crippen LogP contribution < -0.4 is 4.74 Å². The highest BCUT2D eigenvalue weighted by Crippen LogP contribution is 2.41. The third-order valence-corrected chi connectivity index (χ3v) is 6.43. The lowest BCUT2D eigenvalue weighted by atomic mass is 9.84. The Labute approximate surface area is 188 Å². The van der Waals surface area contributed by atoms with Gasteiger partial charge in [-0.1, -0.05) is 47.8 Å². The number of hydrogen-bond donors (Lipinski definition) is 1. The number of nitrogens with zero attached hydrogens (tertiary/aromatic N) is 1. The number of carbonyl (C=O) groups excluding carboxylic acids is 1. The van der Waals surface area contributed by atoms with Gasteiger partial charge in [-0.05, 0) is 54.8 Å². The van der Waals surface area contributed by atoms with Gasteiger partial charge in [0, 0.05) is 21.1 Å². The summed E-state index contributed by atoms with van der Waals surface area (Å²) in [5, 5.41) is 11.0. The van der Waals surface area contributed by atoms with Crippen LogP contribution in [-0.2, 0) is 4.79 Å². The Hall–Kier alpha value is -2.31. The average Bonchev–Trinajstić information content (AvgIpc) is 2.98. The Kier molecular flexibility index (Phi) is 6.58. The maximum Gasteiger partial charge on any atom is 0.311 e. The van der Waals surface area contributed by atoms with E-state index in [1.165, 1.54) is 7.11 Å². The first-order chi connectivity index (χ1) is 14.2. The van der Waals surface area contributed by atoms with Crippen molar-refractivity contribution < 1.29 is 19.4 Å². The lowest BCUT2D eigenvalue weighted by Crippen LogP contribution is -2.21. The van der Waals surface area contributed by atoms with Gasteiger partial charge in [0.15, 0.2) is 0 Å². The van der Waals surface area contributed by atoms with E-state index in [1.54, 1.807) is 47.9 Å². The smallest absolute Gasteiger partial charge is 0.311 e. The van der Waals surface area contributed by atoms with E-state index >= 15 is 0 Å². The fourth-order valence-electron chi connectivity index (χ4n) is 3.86. The van der Waals surface area contributed by atoms with Gasteiger partial charge in [-0.15, -0.1) is 0 Å². The molecule has 0 saturated heterocycles. The summed E-state index contributed by atoms with van der Waals surface area (Å²) >= 11 is 9.75. The maximum atomic E-state index is 13.4. The molecule has 0 bridgehead atoms. The predicted octanol–water partition coefficient (Wildman–Crippen LogP) is 6.28. The largest absolute Gasteiger partial charge is 0.495 e. The van der Waals surface area contributed by atoms with E-state index in [-0.39, 0.29) is 11.8 Å². The van der Waals surface area contributed by atoms with Crippen LogP contribution in [0.25, 0.3) is 10.9 Å². The Morgan fingerprint density at radius 3 is 2.40 bits per heavy atom. The summed E-state index contributed by atoms with van der Waals surface area (Å²) in [6.45, 7) is 5.65. The predicted molar refractivity (Wildman–Crippen MR) is 122 cm³/mol. The van der Waals surface area contributed by atoms with Crippen LogP contribution in [0.3, 0.4) is 0 Å². The van der Waals surface area contributed by atoms with E-state index in [0.717, 1.165) is 4.47 Å². The van der Waals surface area contributed by atoms with E-state index in [9.17, 15) is 14.7 Å². The number of carboxylic acid groups (broad SMARTS) is 1. The minimum absolute atomic E-state index is 0.121. The lowest BCUT2D eigenvalue weighted by molar-refractivity contribution is -0.140. The molecule has 2 aromatic carbocycles. The molecule has 0 aliphatic rings. The van der Waals surface area contributed by atoms with Gasteiger partial charge in [0.25, 0.3) is 5.91 Å². The number of benzene rings is 2. The Balaban J connectivity index is 2.36. The van der Waals surface area contributed by atoms with Gasteiger partial charge in [0.2, 0.25) is 0 Å². The SMILES string of the molecule is CCC(C)C(C(=O)O)c1c(C)n(C(=O)c2ccc(Br)cc2)c2cc(Cl)c(OC)cc12. The second kappa shape index (κ2) is 8.82. The number of rotatable bonds is 6. The molecule has 1 aromatic heterocycles. The molecule has 1 heterocycles. The van der Waals surface area contributed by atoms with Gasteiger partial charge >= 0.3 is 5.97 Å². The minimum Gasteiger partial charge on any atom is -0.495 e. The highest BCUT2D eigenvalue weighted by molar-refractivity contribution is 9.10. The number of aliphatic carboxylic acids is 1. The van der Waals surface area contributed by atoms with Crippen LogP contribution in [0.15, 0.2) is 40.9 Å². The van der Waals surface area contributed by atoms with Crippen LogP contribution in [0.2, 0.25) is 5.02 Å². The molecule has 2 unspecified atom stereocenters. The first-order valence-electron chi connectivity index (χ1n) is 9.62. The number of carboxylic acids is 1. The summed E-state index contributed by atoms with van der Waals surface area (Å²) in [4.78, 5) is 25.7. The summed E-state index contributed by atoms with van der Waals surface area (Å²) in [5.74, 6) is -1.61. The quantitative estimate of drug-likeness (QED) is 0.440. The second-order valence-electron chi connectivity index (χ2n) is 7.35. The third-order valence-electron chi connectivity index (χ3n) is 5.61. The summed E-state index contributed by atoms with van der Waals surface area (Å²) in [7, 11) is 1.51. The van der Waals surface area contributed by atoms with Crippen molar-refractivity contribution in [3.05, 3.63) is 62.7 Å². The maximum absolute atomic E-state index is 13.4. The Bertz CT molecular complexity index is 1120. The molecule has 0 radical (unpaired) electrons. The van der Waals surface area contributed by atoms with Gasteiger partial charge in [-0.2, -0.15) is 0 Å². The molecule has 0 saturated carbocycles. The molecular weight excluding hydrogens is 470 g/mol. The number of carbonyl (C=O) groups is 2. The number of aromatic nitrogens is 1. The highest BCUT2D eigenvalue weighted by Gasteiger charge is 2.33. The zero-order chi connectivity index (χ0) is 22.2. The van der Waals surface area contributed by atoms with Crippen LogP contribution in [0, 0.1) is 12.8 Å². The Morgan fingerprint density at radius 1 is 1.23 bits per heavy atom. The number of ether oxygens (including phenoxy) is 1. The monoisotopic (exact) mass is 491 g/mol. The average molecular weight is 493 g/mol. The molecular formula is C23H23BrClNO4. The van der Waals surface area contributed by atoms with Crippen LogP contribution in [0.1, 0.15) is 47.8 Å². The van der Waals surface area contributed by atoms with E-state index < -0.39 is 11.9 Å². The first kappa shape index (κ1) is 22.4. The Morgan fingerprint density at radius 2 is 1.87 bits per heavy atom. The molecule has 0 spiro atoms. The van der Waals surface area contributed by atoms with Gasteiger partial charge in [-0.3, -0.25) is 14.2 Å². The molecule has 1 N–H and O–H groups in total. The van der Waals surface area contributed by atoms with Gasteiger partial charge in [0.05, 0.1) is 23.6 Å². The van der Waals surface area contributed by atoms with Crippen LogP contribution in [0.4, 0.5) is 0 Å². The molecule has 2 atom stereocenters. The van der Waals surface area contributed by atoms with E-state index in [2.05, 4.69) is 15.9 Å². The van der Waals surface area contributed by atoms with Crippen molar-refractivity contribution in [2.75, 3.05) is 7.11 Å². The zero-order valence-corrected chi connectivity index (χ0v) is 19.5. The second-order valence-corrected chi connectivity index (χ2v) is 8.67. The highest BCUT2D eigenvalue weighted by atomic mass is 79.9. The topological polar surface area (TPSA) is 68.5 Å². The van der Waals surface area contributed by atoms with Crippen molar-refractivity contribution >= 4 is 50.3 Å². The summed E-state index contributed by atoms with van der Waals surface area (Å²) in [6.07, 6.45) is 0.689. The van der Waals surface area contributed by atoms with E-state index in [0.29, 0.717) is 44.9 Å². The van der Waals surface area contributed by atoms with Gasteiger partial charge < -0.3 is 9.84 Å². The van der Waals surface area contributed by atoms with Crippen molar-refractivity contribution in [2.24, 2.45) is 5.92 Å². The summed E-state index contributed by atoms with van der Waals surface area (Å²) < 4.78 is 7.78. The number of halogens is 2. The molecule has 158 valence electrons. The first-order valence-corrected chi connectivity index (χ1v) is 10.8. The van der Waals surface area contributed by atoms with E-state index in [4.69, 9.17) is 16.3 Å². The molecule has 0 aliphatic carbocycles. The standard InChI is InChI=1S/C23H23BrClNO4/c1-5-12(2)20(23(28)29)21-13(3)26(22(27)14-6-8-15(24)9-7-14)18-11-17(25)19(30-4)10-16(18)21/h6-12,20H,5H2,1-4H3,(H,28,29). The summed E-state index contributed by atoms with van der Waals surface area (Å²) in [5.41, 5.74) is 2.27. The number of fused-ring (bicyclic) bond motifs is 1. The molecule has 0 aliphatic heterocycles. The normalized spacial score (nSPS) is 13.3. The van der Waals surface area contributed by atoms with Crippen LogP contribution >= 0.6 is 27.5 Å². The third kappa shape index (κ3) is 3.86. The molecule has 5 nitrogen and oxygen atoms in total. The molecule has 3 aromatic rings. The van der Waals surface area contributed by atoms with Gasteiger partial charge in [-0.25, -0.2) is 0 Å². The fourth-order valence-corrected chi connectivity index (χ4v) is 4.36. The molecule has 0 amide bonds. The van der Waals surface area contributed by atoms with Crippen molar-refractivity contribution in [1.82, 2.24) is 4.57 Å². The molecule has 3 rings (SSSR count). The van der Waals surface area contributed by atoms with E-state index in [1.807, 2.05) is 13.8 Å². The van der Waals surface area contributed by atoms with Crippen molar-refractivity contribution in [3.63, 3.8) is 0 Å². The van der Waals surface area contributed by atoms with Crippen molar-refractivity contribution in [1.29, 1.82) is 0 Å².